The van der Waals surface area contributed by atoms with E-state index >= 15 is 0 Å². The van der Waals surface area contributed by atoms with Crippen molar-refractivity contribution in [2.24, 2.45) is 4.99 Å². The molecule has 2 aromatic carbocycles. The molecule has 2 aromatic heterocycles. The molecule has 6 nitrogen and oxygen atoms in total. The van der Waals surface area contributed by atoms with Crippen LogP contribution in [0.25, 0.3) is 16.6 Å². The number of benzene rings is 2. The molecule has 0 radical (unpaired) electrons. The number of rotatable bonds is 7. The predicted molar refractivity (Wildman–Crippen MR) is 152 cm³/mol. The lowest BCUT2D eigenvalue weighted by atomic mass is 10.0. The average molecular weight is 593 g/mol. The smallest absolute Gasteiger partial charge is 0.281 e. The van der Waals surface area contributed by atoms with Crippen molar-refractivity contribution < 1.29 is 8.78 Å². The van der Waals surface area contributed by atoms with Gasteiger partial charge in [-0.15, -0.1) is 11.8 Å². The van der Waals surface area contributed by atoms with Crippen LogP contribution in [0.2, 0.25) is 10.0 Å². The van der Waals surface area contributed by atoms with Gasteiger partial charge >= 0.3 is 0 Å². The standard InChI is InChI=1S/C26H21Cl2F2N5OS2/c1-3-26(11-31-14(2)38-26)12-32-16-9-17(27)23(18(28)10-16)24-20-5-7-22(34-35(20)13-33-25(24)36)37-21-6-4-15(29)8-19(21)30/h4-10,13,32H,3,11-12H2,1-2H3. The van der Waals surface area contributed by atoms with E-state index in [9.17, 15) is 13.6 Å². The normalized spacial score (nSPS) is 17.2. The van der Waals surface area contributed by atoms with Crippen molar-refractivity contribution in [3.8, 4) is 11.1 Å². The molecule has 0 amide bonds. The molecule has 12 heteroatoms. The summed E-state index contributed by atoms with van der Waals surface area (Å²) in [4.78, 5) is 21.6. The first-order chi connectivity index (χ1) is 18.2. The van der Waals surface area contributed by atoms with Gasteiger partial charge in [-0.2, -0.15) is 10.1 Å². The predicted octanol–water partition coefficient (Wildman–Crippen LogP) is 7.22. The molecule has 4 aromatic rings. The van der Waals surface area contributed by atoms with E-state index in [0.717, 1.165) is 41.5 Å². The van der Waals surface area contributed by atoms with Crippen molar-refractivity contribution in [1.29, 1.82) is 0 Å². The van der Waals surface area contributed by atoms with E-state index in [-0.39, 0.29) is 25.3 Å². The second kappa shape index (κ2) is 10.8. The molecule has 1 N–H and O–H groups in total. The fourth-order valence-corrected chi connectivity index (χ4v) is 6.79. The Morgan fingerprint density at radius 3 is 2.55 bits per heavy atom. The highest BCUT2D eigenvalue weighted by atomic mass is 35.5. The Kier molecular flexibility index (Phi) is 7.68. The molecule has 0 bridgehead atoms. The first kappa shape index (κ1) is 26.9. The van der Waals surface area contributed by atoms with E-state index in [0.29, 0.717) is 22.7 Å². The van der Waals surface area contributed by atoms with Crippen LogP contribution in [0.3, 0.4) is 0 Å². The topological polar surface area (TPSA) is 71.7 Å². The van der Waals surface area contributed by atoms with E-state index < -0.39 is 17.2 Å². The second-order valence-corrected chi connectivity index (χ2v) is 12.3. The van der Waals surface area contributed by atoms with Gasteiger partial charge in [0, 0.05) is 28.8 Å². The highest BCUT2D eigenvalue weighted by Gasteiger charge is 2.34. The summed E-state index contributed by atoms with van der Waals surface area (Å²) >= 11 is 16.1. The SMILES string of the molecule is CCC1(CNc2cc(Cl)c(-c3c(=O)ncn4nc(Sc5ccc(F)cc5F)ccc34)c(Cl)c2)CN=C(C)S1. The minimum atomic E-state index is -0.693. The third-order valence-corrected chi connectivity index (χ3v) is 9.20. The maximum Gasteiger partial charge on any atom is 0.281 e. The van der Waals surface area contributed by atoms with Gasteiger partial charge < -0.3 is 5.32 Å². The Morgan fingerprint density at radius 1 is 1.13 bits per heavy atom. The van der Waals surface area contributed by atoms with Crippen LogP contribution in [-0.4, -0.2) is 37.5 Å². The summed E-state index contributed by atoms with van der Waals surface area (Å²) in [5.41, 5.74) is 1.19. The van der Waals surface area contributed by atoms with E-state index in [2.05, 4.69) is 27.3 Å². The number of halogens is 4. The summed E-state index contributed by atoms with van der Waals surface area (Å²) in [6, 6.07) is 10.1. The number of anilines is 1. The Balaban J connectivity index is 1.46. The highest BCUT2D eigenvalue weighted by molar-refractivity contribution is 8.15. The fraction of sp³-hybridized carbons (Fsp3) is 0.231. The van der Waals surface area contributed by atoms with Crippen molar-refractivity contribution in [2.45, 2.75) is 34.9 Å². The largest absolute Gasteiger partial charge is 0.383 e. The lowest BCUT2D eigenvalue weighted by Gasteiger charge is -2.26. The van der Waals surface area contributed by atoms with Crippen molar-refractivity contribution in [3.05, 3.63) is 80.8 Å². The van der Waals surface area contributed by atoms with Crippen LogP contribution >= 0.6 is 46.7 Å². The number of hydrogen-bond donors (Lipinski definition) is 1. The van der Waals surface area contributed by atoms with Crippen LogP contribution in [0, 0.1) is 11.6 Å². The van der Waals surface area contributed by atoms with Crippen molar-refractivity contribution in [2.75, 3.05) is 18.4 Å². The number of aliphatic imine (C=N–C) groups is 1. The average Bonchev–Trinajstić information content (AvgIpc) is 3.26. The maximum atomic E-state index is 14.1. The molecular formula is C26H21Cl2F2N5OS2. The monoisotopic (exact) mass is 591 g/mol. The number of aromatic nitrogens is 3. The lowest BCUT2D eigenvalue weighted by molar-refractivity contribution is 0.565. The first-order valence-electron chi connectivity index (χ1n) is 11.6. The first-order valence-corrected chi connectivity index (χ1v) is 14.0. The molecule has 0 aliphatic carbocycles. The van der Waals surface area contributed by atoms with Crippen LogP contribution in [0.1, 0.15) is 20.3 Å². The van der Waals surface area contributed by atoms with Crippen LogP contribution in [0.15, 0.2) is 68.5 Å². The molecule has 5 rings (SSSR count). The van der Waals surface area contributed by atoms with Crippen LogP contribution < -0.4 is 10.9 Å². The van der Waals surface area contributed by atoms with E-state index in [4.69, 9.17) is 23.2 Å². The molecule has 38 heavy (non-hydrogen) atoms. The van der Waals surface area contributed by atoms with Crippen molar-refractivity contribution in [1.82, 2.24) is 14.6 Å². The van der Waals surface area contributed by atoms with Gasteiger partial charge in [-0.05, 0) is 49.7 Å². The molecule has 1 unspecified atom stereocenters. The maximum absolute atomic E-state index is 14.1. The molecule has 196 valence electrons. The second-order valence-electron chi connectivity index (χ2n) is 8.75. The van der Waals surface area contributed by atoms with Gasteiger partial charge in [0.1, 0.15) is 23.0 Å². The summed E-state index contributed by atoms with van der Waals surface area (Å²) in [5.74, 6) is -1.35. The summed E-state index contributed by atoms with van der Waals surface area (Å²) in [6.45, 7) is 5.57. The number of nitrogens with one attached hydrogen (secondary N) is 1. The molecule has 0 fully saturated rings. The zero-order valence-corrected chi connectivity index (χ0v) is 23.4. The van der Waals surface area contributed by atoms with Gasteiger partial charge in [0.05, 0.1) is 37.5 Å². The van der Waals surface area contributed by atoms with Gasteiger partial charge in [0.25, 0.3) is 5.56 Å². The summed E-state index contributed by atoms with van der Waals surface area (Å²) < 4.78 is 28.7. The Labute approximate surface area is 235 Å². The minimum absolute atomic E-state index is 0.0295. The third-order valence-electron chi connectivity index (χ3n) is 6.20. The zero-order chi connectivity index (χ0) is 27.0. The van der Waals surface area contributed by atoms with Gasteiger partial charge in [-0.25, -0.2) is 13.3 Å². The summed E-state index contributed by atoms with van der Waals surface area (Å²) in [5, 5.41) is 9.93. The number of hydrogen-bond acceptors (Lipinski definition) is 7. The minimum Gasteiger partial charge on any atom is -0.383 e. The van der Waals surface area contributed by atoms with Gasteiger partial charge in [-0.1, -0.05) is 41.9 Å². The Bertz CT molecular complexity index is 1630. The number of fused-ring (bicyclic) bond motifs is 1. The quantitative estimate of drug-likeness (QED) is 0.244. The third kappa shape index (κ3) is 5.40. The van der Waals surface area contributed by atoms with Crippen LogP contribution in [0.5, 0.6) is 0 Å². The number of thioether (sulfide) groups is 1. The molecule has 3 heterocycles. The van der Waals surface area contributed by atoms with Gasteiger partial charge in [0.2, 0.25) is 0 Å². The Morgan fingerprint density at radius 2 is 1.89 bits per heavy atom. The molecule has 1 aliphatic rings. The molecule has 0 saturated carbocycles. The fourth-order valence-electron chi connectivity index (χ4n) is 4.16. The Hall–Kier alpha value is -2.66. The summed E-state index contributed by atoms with van der Waals surface area (Å²) in [7, 11) is 0. The van der Waals surface area contributed by atoms with Gasteiger partial charge in [-0.3, -0.25) is 9.79 Å². The molecular weight excluding hydrogens is 571 g/mol. The molecule has 0 saturated heterocycles. The highest BCUT2D eigenvalue weighted by Crippen LogP contribution is 2.40. The van der Waals surface area contributed by atoms with Crippen molar-refractivity contribution >= 4 is 63.0 Å². The molecule has 0 spiro atoms. The van der Waals surface area contributed by atoms with Crippen molar-refractivity contribution in [3.63, 3.8) is 0 Å². The van der Waals surface area contributed by atoms with Crippen LogP contribution in [0.4, 0.5) is 14.5 Å². The van der Waals surface area contributed by atoms with E-state index in [1.165, 1.54) is 23.0 Å². The van der Waals surface area contributed by atoms with Gasteiger partial charge in [0.15, 0.2) is 0 Å². The molecule has 1 aliphatic heterocycles. The van der Waals surface area contributed by atoms with Crippen LogP contribution in [-0.2, 0) is 0 Å². The summed E-state index contributed by atoms with van der Waals surface area (Å²) in [6.07, 6.45) is 2.22. The zero-order valence-electron chi connectivity index (χ0n) is 20.3. The van der Waals surface area contributed by atoms with E-state index in [1.54, 1.807) is 36.0 Å². The molecule has 1 atom stereocenters. The number of nitrogens with zero attached hydrogens (tertiary/aromatic N) is 4. The van der Waals surface area contributed by atoms with E-state index in [1.807, 2.05) is 6.92 Å². The lowest BCUT2D eigenvalue weighted by Crippen LogP contribution is -2.34.